The monoisotopic (exact) mass is 396 g/mol. The summed E-state index contributed by atoms with van der Waals surface area (Å²) in [7, 11) is 0. The zero-order valence-corrected chi connectivity index (χ0v) is 18.8. The summed E-state index contributed by atoms with van der Waals surface area (Å²) in [5.41, 5.74) is 5.61. The van der Waals surface area contributed by atoms with Crippen molar-refractivity contribution >= 4 is 11.3 Å². The summed E-state index contributed by atoms with van der Waals surface area (Å²) >= 11 is 1.86. The van der Waals surface area contributed by atoms with Crippen molar-refractivity contribution in [1.29, 1.82) is 5.26 Å². The predicted octanol–water partition coefficient (Wildman–Crippen LogP) is 8.07. The van der Waals surface area contributed by atoms with E-state index in [2.05, 4.69) is 50.4 Å². The van der Waals surface area contributed by atoms with Gasteiger partial charge in [-0.05, 0) is 62.1 Å². The van der Waals surface area contributed by atoms with Crippen LogP contribution in [0.15, 0.2) is 23.6 Å². The van der Waals surface area contributed by atoms with E-state index in [9.17, 15) is 0 Å². The number of nitrogens with zero attached hydrogens (tertiary/aromatic N) is 2. The normalized spacial score (nSPS) is 12.8. The molecule has 1 aliphatic rings. The maximum atomic E-state index is 7.95. The van der Waals surface area contributed by atoms with Gasteiger partial charge in [-0.1, -0.05) is 52.2 Å². The average Bonchev–Trinajstić information content (AvgIpc) is 3.22. The molecule has 0 aliphatic heterocycles. The molecule has 1 heterocycles. The standard InChI is InChI=1S/C20H27NS.C5H9N/c1-3-7-16(8-4-2)20-21-19(14-22-20)18-12-11-15-9-5-6-10-17(15)13-18;1-2-3-4-5-6/h11-14,16H,3-10H2,1-2H3;2-4H2,1H3. The van der Waals surface area contributed by atoms with E-state index in [4.69, 9.17) is 10.2 Å². The third kappa shape index (κ3) is 6.74. The van der Waals surface area contributed by atoms with Gasteiger partial charge in [0.1, 0.15) is 0 Å². The molecule has 28 heavy (non-hydrogen) atoms. The second-order valence-corrected chi connectivity index (χ2v) is 8.69. The molecule has 0 spiro atoms. The first-order chi connectivity index (χ1) is 13.7. The molecule has 0 N–H and O–H groups in total. The van der Waals surface area contributed by atoms with Gasteiger partial charge < -0.3 is 0 Å². The first kappa shape index (κ1) is 22.6. The van der Waals surface area contributed by atoms with Gasteiger partial charge in [-0.2, -0.15) is 5.26 Å². The molecule has 0 atom stereocenters. The third-order valence-electron chi connectivity index (χ3n) is 5.43. The maximum Gasteiger partial charge on any atom is 0.0963 e. The van der Waals surface area contributed by atoms with Crippen molar-refractivity contribution in [3.8, 4) is 17.3 Å². The van der Waals surface area contributed by atoms with E-state index in [0.717, 1.165) is 19.3 Å². The Balaban J connectivity index is 0.000000409. The van der Waals surface area contributed by atoms with Gasteiger partial charge >= 0.3 is 0 Å². The number of nitriles is 1. The molecule has 2 aromatic rings. The Bertz CT molecular complexity index is 735. The van der Waals surface area contributed by atoms with Crippen molar-refractivity contribution < 1.29 is 0 Å². The summed E-state index contributed by atoms with van der Waals surface area (Å²) in [6.45, 7) is 6.64. The maximum absolute atomic E-state index is 7.95. The number of aromatic nitrogens is 1. The Morgan fingerprint density at radius 3 is 2.36 bits per heavy atom. The van der Waals surface area contributed by atoms with Crippen molar-refractivity contribution in [3.63, 3.8) is 0 Å². The second-order valence-electron chi connectivity index (χ2n) is 7.80. The molecule has 0 amide bonds. The Morgan fingerprint density at radius 2 is 1.75 bits per heavy atom. The zero-order valence-electron chi connectivity index (χ0n) is 18.0. The van der Waals surface area contributed by atoms with Gasteiger partial charge in [0, 0.05) is 23.3 Å². The van der Waals surface area contributed by atoms with Gasteiger partial charge in [-0.25, -0.2) is 4.98 Å². The Kier molecular flexibility index (Phi) is 10.3. The van der Waals surface area contributed by atoms with Crippen molar-refractivity contribution in [2.24, 2.45) is 0 Å². The van der Waals surface area contributed by atoms with E-state index in [0.29, 0.717) is 5.92 Å². The van der Waals surface area contributed by atoms with Crippen molar-refractivity contribution in [1.82, 2.24) is 4.98 Å². The molecule has 0 unspecified atom stereocenters. The fourth-order valence-electron chi connectivity index (χ4n) is 3.84. The fourth-order valence-corrected chi connectivity index (χ4v) is 4.84. The van der Waals surface area contributed by atoms with Crippen LogP contribution in [0.5, 0.6) is 0 Å². The number of hydrogen-bond donors (Lipinski definition) is 0. The van der Waals surface area contributed by atoms with Crippen molar-refractivity contribution in [3.05, 3.63) is 39.7 Å². The minimum atomic E-state index is 0.659. The number of hydrogen-bond acceptors (Lipinski definition) is 3. The Hall–Kier alpha value is -1.66. The summed E-state index contributed by atoms with van der Waals surface area (Å²) in [4.78, 5) is 4.99. The van der Waals surface area contributed by atoms with Crippen LogP contribution < -0.4 is 0 Å². The molecule has 0 saturated heterocycles. The molecule has 152 valence electrons. The lowest BCUT2D eigenvalue weighted by atomic mass is 9.90. The molecular formula is C25H36N2S. The molecule has 1 aromatic heterocycles. The topological polar surface area (TPSA) is 36.7 Å². The highest BCUT2D eigenvalue weighted by atomic mass is 32.1. The van der Waals surface area contributed by atoms with Crippen LogP contribution in [0, 0.1) is 11.3 Å². The molecule has 1 aromatic carbocycles. The van der Waals surface area contributed by atoms with Crippen LogP contribution in [0.3, 0.4) is 0 Å². The van der Waals surface area contributed by atoms with Gasteiger partial charge in [0.2, 0.25) is 0 Å². The highest BCUT2D eigenvalue weighted by Crippen LogP contribution is 2.33. The number of benzene rings is 1. The zero-order chi connectivity index (χ0) is 20.2. The number of thiazole rings is 1. The Labute approximate surface area is 176 Å². The van der Waals surface area contributed by atoms with E-state index < -0.39 is 0 Å². The first-order valence-corrected chi connectivity index (χ1v) is 12.1. The summed E-state index contributed by atoms with van der Waals surface area (Å²) in [5.74, 6) is 0.659. The molecule has 3 rings (SSSR count). The molecule has 0 radical (unpaired) electrons. The predicted molar refractivity (Wildman–Crippen MR) is 122 cm³/mol. The van der Waals surface area contributed by atoms with E-state index in [-0.39, 0.29) is 0 Å². The molecule has 1 aliphatic carbocycles. The fraction of sp³-hybridized carbons (Fsp3) is 0.600. The lowest BCUT2D eigenvalue weighted by molar-refractivity contribution is 0.558. The van der Waals surface area contributed by atoms with Crippen LogP contribution in [-0.2, 0) is 12.8 Å². The summed E-state index contributed by atoms with van der Waals surface area (Å²) in [6, 6.07) is 9.07. The van der Waals surface area contributed by atoms with Crippen LogP contribution in [0.2, 0.25) is 0 Å². The second kappa shape index (κ2) is 12.7. The molecule has 0 bridgehead atoms. The lowest BCUT2D eigenvalue weighted by Crippen LogP contribution is -2.02. The first-order valence-electron chi connectivity index (χ1n) is 11.2. The van der Waals surface area contributed by atoms with Gasteiger partial charge in [0.15, 0.2) is 0 Å². The SMILES string of the molecule is CCCC(CCC)c1nc(-c2ccc3c(c2)CCCC3)cs1.CCCCC#N. The highest BCUT2D eigenvalue weighted by Gasteiger charge is 2.16. The number of fused-ring (bicyclic) bond motifs is 1. The van der Waals surface area contributed by atoms with Crippen LogP contribution in [0.4, 0.5) is 0 Å². The minimum absolute atomic E-state index is 0.659. The van der Waals surface area contributed by atoms with Gasteiger partial charge in [0.25, 0.3) is 0 Å². The quantitative estimate of drug-likeness (QED) is 0.423. The van der Waals surface area contributed by atoms with E-state index in [1.807, 2.05) is 11.3 Å². The van der Waals surface area contributed by atoms with Crippen molar-refractivity contribution in [2.75, 3.05) is 0 Å². The molecular weight excluding hydrogens is 360 g/mol. The van der Waals surface area contributed by atoms with Crippen LogP contribution in [0.1, 0.15) is 101 Å². The third-order valence-corrected chi connectivity index (χ3v) is 6.44. The van der Waals surface area contributed by atoms with Crippen LogP contribution in [-0.4, -0.2) is 4.98 Å². The number of rotatable bonds is 8. The largest absolute Gasteiger partial charge is 0.241 e. The number of aryl methyl sites for hydroxylation is 2. The van der Waals surface area contributed by atoms with E-state index in [1.54, 1.807) is 11.1 Å². The molecule has 0 fully saturated rings. The number of unbranched alkanes of at least 4 members (excludes halogenated alkanes) is 2. The van der Waals surface area contributed by atoms with Gasteiger partial charge in [0.05, 0.1) is 16.8 Å². The lowest BCUT2D eigenvalue weighted by Gasteiger charge is -2.16. The minimum Gasteiger partial charge on any atom is -0.241 e. The van der Waals surface area contributed by atoms with Crippen LogP contribution in [0.25, 0.3) is 11.3 Å². The highest BCUT2D eigenvalue weighted by molar-refractivity contribution is 7.10. The smallest absolute Gasteiger partial charge is 0.0963 e. The van der Waals surface area contributed by atoms with Crippen LogP contribution >= 0.6 is 11.3 Å². The summed E-state index contributed by atoms with van der Waals surface area (Å²) in [6.07, 6.45) is 13.1. The van der Waals surface area contributed by atoms with Crippen molar-refractivity contribution in [2.45, 2.75) is 97.3 Å². The average molecular weight is 397 g/mol. The van der Waals surface area contributed by atoms with Gasteiger partial charge in [-0.3, -0.25) is 0 Å². The van der Waals surface area contributed by atoms with E-state index in [1.165, 1.54) is 67.6 Å². The molecule has 2 nitrogen and oxygen atoms in total. The summed E-state index contributed by atoms with van der Waals surface area (Å²) in [5, 5.41) is 11.6. The van der Waals surface area contributed by atoms with Gasteiger partial charge in [-0.15, -0.1) is 11.3 Å². The summed E-state index contributed by atoms with van der Waals surface area (Å²) < 4.78 is 0. The Morgan fingerprint density at radius 1 is 1.04 bits per heavy atom. The molecule has 0 saturated carbocycles. The molecule has 3 heteroatoms. The van der Waals surface area contributed by atoms with E-state index >= 15 is 0 Å².